The number of rotatable bonds is 1. The van der Waals surface area contributed by atoms with Gasteiger partial charge in [0, 0.05) is 15.9 Å². The number of halogens is 1. The second-order valence-corrected chi connectivity index (χ2v) is 5.67. The highest BCUT2D eigenvalue weighted by molar-refractivity contribution is 9.10. The van der Waals surface area contributed by atoms with E-state index < -0.39 is 0 Å². The van der Waals surface area contributed by atoms with Gasteiger partial charge >= 0.3 is 0 Å². The van der Waals surface area contributed by atoms with Crippen molar-refractivity contribution in [3.05, 3.63) is 63.1 Å². The molecule has 0 N–H and O–H groups in total. The molecular weight excluding hydrogens is 318 g/mol. The monoisotopic (exact) mass is 325 g/mol. The predicted molar refractivity (Wildman–Crippen MR) is 84.5 cm³/mol. The molecule has 4 aromatic rings. The third-order valence-corrected chi connectivity index (χ3v) is 4.48. The van der Waals surface area contributed by atoms with E-state index in [4.69, 9.17) is 0 Å². The Bertz CT molecular complexity index is 994. The third-order valence-electron chi connectivity index (χ3n) is 3.79. The van der Waals surface area contributed by atoms with E-state index in [2.05, 4.69) is 22.0 Å². The van der Waals surface area contributed by atoms with E-state index >= 15 is 0 Å². The Morgan fingerprint density at radius 3 is 2.05 bits per heavy atom. The van der Waals surface area contributed by atoms with Crippen molar-refractivity contribution in [1.82, 2.24) is 0 Å². The van der Waals surface area contributed by atoms with Gasteiger partial charge in [0.2, 0.25) is 0 Å². The molecule has 4 rings (SSSR count). The Balaban J connectivity index is 2.38. The van der Waals surface area contributed by atoms with Crippen LogP contribution in [-0.4, -0.2) is 4.92 Å². The van der Waals surface area contributed by atoms with Crippen molar-refractivity contribution < 1.29 is 4.92 Å². The van der Waals surface area contributed by atoms with E-state index in [9.17, 15) is 10.1 Å². The molecule has 0 aromatic heterocycles. The summed E-state index contributed by atoms with van der Waals surface area (Å²) in [4.78, 5) is 10.9. The molecule has 0 aliphatic rings. The second kappa shape index (κ2) is 3.90. The molecule has 0 heterocycles. The first-order chi connectivity index (χ1) is 9.66. The highest BCUT2D eigenvalue weighted by atomic mass is 79.9. The molecule has 3 nitrogen and oxygen atoms in total. The molecule has 20 heavy (non-hydrogen) atoms. The maximum absolute atomic E-state index is 11.2. The number of non-ortho nitro benzene ring substituents is 1. The lowest BCUT2D eigenvalue weighted by molar-refractivity contribution is -0.383. The molecule has 0 aliphatic heterocycles. The lowest BCUT2D eigenvalue weighted by Crippen LogP contribution is -1.91. The summed E-state index contributed by atoms with van der Waals surface area (Å²) in [5.41, 5.74) is 0.159. The number of nitro benzene ring substituents is 1. The number of nitro groups is 1. The van der Waals surface area contributed by atoms with Crippen LogP contribution < -0.4 is 0 Å². The number of hydrogen-bond donors (Lipinski definition) is 0. The lowest BCUT2D eigenvalue weighted by Gasteiger charge is -2.11. The molecule has 96 valence electrons. The molecular formula is C16H8BrNO2. The maximum Gasteiger partial charge on any atom is 0.277 e. The van der Waals surface area contributed by atoms with E-state index in [1.165, 1.54) is 0 Å². The quantitative estimate of drug-likeness (QED) is 0.272. The molecule has 4 heteroatoms. The molecule has 4 aromatic carbocycles. The number of nitrogens with zero attached hydrogens (tertiary/aromatic N) is 1. The van der Waals surface area contributed by atoms with Crippen molar-refractivity contribution in [2.75, 3.05) is 0 Å². The van der Waals surface area contributed by atoms with Gasteiger partial charge in [-0.15, -0.1) is 0 Å². The van der Waals surface area contributed by atoms with E-state index in [-0.39, 0.29) is 10.6 Å². The van der Waals surface area contributed by atoms with E-state index in [1.54, 1.807) is 6.07 Å². The van der Waals surface area contributed by atoms with Crippen LogP contribution in [0, 0.1) is 10.1 Å². The number of hydrogen-bond acceptors (Lipinski definition) is 2. The van der Waals surface area contributed by atoms with E-state index in [0.29, 0.717) is 5.39 Å². The Labute approximate surface area is 122 Å². The largest absolute Gasteiger partial charge is 0.277 e. The van der Waals surface area contributed by atoms with Crippen LogP contribution in [0.25, 0.3) is 32.3 Å². The summed E-state index contributed by atoms with van der Waals surface area (Å²) in [6.07, 6.45) is 0. The van der Waals surface area contributed by atoms with Crippen LogP contribution in [0.15, 0.2) is 53.0 Å². The van der Waals surface area contributed by atoms with Gasteiger partial charge in [-0.1, -0.05) is 40.2 Å². The molecule has 0 fully saturated rings. The van der Waals surface area contributed by atoms with E-state index in [1.807, 2.05) is 36.4 Å². The minimum Gasteiger partial charge on any atom is -0.258 e. The van der Waals surface area contributed by atoms with Crippen LogP contribution >= 0.6 is 15.9 Å². The highest BCUT2D eigenvalue weighted by Crippen LogP contribution is 2.40. The maximum atomic E-state index is 11.2. The molecule has 0 saturated heterocycles. The minimum absolute atomic E-state index is 0.159. The van der Waals surface area contributed by atoms with Crippen molar-refractivity contribution in [1.29, 1.82) is 0 Å². The second-order valence-electron chi connectivity index (χ2n) is 4.81. The zero-order valence-electron chi connectivity index (χ0n) is 10.3. The zero-order chi connectivity index (χ0) is 13.9. The predicted octanol–water partition coefficient (Wildman–Crippen LogP) is 5.25. The lowest BCUT2D eigenvalue weighted by atomic mass is 9.94. The third kappa shape index (κ3) is 1.40. The normalized spacial score (nSPS) is 11.7. The van der Waals surface area contributed by atoms with Crippen LogP contribution in [-0.2, 0) is 0 Å². The zero-order valence-corrected chi connectivity index (χ0v) is 11.8. The summed E-state index contributed by atoms with van der Waals surface area (Å²) in [6.45, 7) is 0. The summed E-state index contributed by atoms with van der Waals surface area (Å²) in [7, 11) is 0. The van der Waals surface area contributed by atoms with Gasteiger partial charge in [0.15, 0.2) is 0 Å². The van der Waals surface area contributed by atoms with Crippen LogP contribution in [0.1, 0.15) is 0 Å². The summed E-state index contributed by atoms with van der Waals surface area (Å²) >= 11 is 3.55. The summed E-state index contributed by atoms with van der Waals surface area (Å²) in [5.74, 6) is 0. The molecule has 0 aliphatic carbocycles. The van der Waals surface area contributed by atoms with Crippen molar-refractivity contribution >= 4 is 53.9 Å². The number of benzene rings is 4. The average molecular weight is 326 g/mol. The van der Waals surface area contributed by atoms with Gasteiger partial charge in [-0.2, -0.15) is 0 Å². The summed E-state index contributed by atoms with van der Waals surface area (Å²) < 4.78 is 1.01. The molecule has 0 saturated carbocycles. The first-order valence-electron chi connectivity index (χ1n) is 6.17. The first kappa shape index (κ1) is 11.6. The minimum atomic E-state index is -0.319. The SMILES string of the molecule is O=[N+]([O-])c1ccc2ccc3c(Br)ccc4ccc1c2c43. The van der Waals surface area contributed by atoms with Crippen molar-refractivity contribution in [2.24, 2.45) is 0 Å². The van der Waals surface area contributed by atoms with Crippen LogP contribution in [0.4, 0.5) is 5.69 Å². The standard InChI is InChI=1S/C16H8BrNO2/c17-13-7-3-9-2-6-12-14(18(19)20)8-4-10-1-5-11(13)15(9)16(10)12/h1-8H. The smallest absolute Gasteiger partial charge is 0.258 e. The average Bonchev–Trinajstić information content (AvgIpc) is 2.46. The van der Waals surface area contributed by atoms with Crippen molar-refractivity contribution in [2.45, 2.75) is 0 Å². The Hall–Kier alpha value is -2.20. The molecule has 0 spiro atoms. The molecule has 0 amide bonds. The van der Waals surface area contributed by atoms with Crippen molar-refractivity contribution in [3.63, 3.8) is 0 Å². The van der Waals surface area contributed by atoms with Crippen molar-refractivity contribution in [3.8, 4) is 0 Å². The molecule has 0 bridgehead atoms. The Morgan fingerprint density at radius 2 is 1.35 bits per heavy atom. The Morgan fingerprint density at radius 1 is 0.800 bits per heavy atom. The van der Waals surface area contributed by atoms with Crippen LogP contribution in [0.2, 0.25) is 0 Å². The van der Waals surface area contributed by atoms with Gasteiger partial charge in [-0.25, -0.2) is 0 Å². The van der Waals surface area contributed by atoms with Gasteiger partial charge in [-0.3, -0.25) is 10.1 Å². The molecule has 0 radical (unpaired) electrons. The summed E-state index contributed by atoms with van der Waals surface area (Å²) in [5, 5.41) is 17.2. The first-order valence-corrected chi connectivity index (χ1v) is 6.96. The van der Waals surface area contributed by atoms with Gasteiger partial charge in [0.25, 0.3) is 5.69 Å². The van der Waals surface area contributed by atoms with E-state index in [0.717, 1.165) is 31.4 Å². The molecule has 0 unspecified atom stereocenters. The summed E-state index contributed by atoms with van der Waals surface area (Å²) in [6, 6.07) is 15.3. The van der Waals surface area contributed by atoms with Gasteiger partial charge in [0.05, 0.1) is 10.3 Å². The van der Waals surface area contributed by atoms with Gasteiger partial charge in [-0.05, 0) is 39.7 Å². The Kier molecular flexibility index (Phi) is 2.26. The topological polar surface area (TPSA) is 43.1 Å². The fourth-order valence-corrected chi connectivity index (χ4v) is 3.37. The van der Waals surface area contributed by atoms with Gasteiger partial charge in [0.1, 0.15) is 0 Å². The highest BCUT2D eigenvalue weighted by Gasteiger charge is 2.17. The fourth-order valence-electron chi connectivity index (χ4n) is 2.91. The van der Waals surface area contributed by atoms with Crippen LogP contribution in [0.3, 0.4) is 0 Å². The fraction of sp³-hybridized carbons (Fsp3) is 0. The van der Waals surface area contributed by atoms with Crippen LogP contribution in [0.5, 0.6) is 0 Å². The van der Waals surface area contributed by atoms with Gasteiger partial charge < -0.3 is 0 Å². The molecule has 0 atom stereocenters.